The van der Waals surface area contributed by atoms with Crippen molar-refractivity contribution < 1.29 is 0 Å². The maximum atomic E-state index is 11.3. The van der Waals surface area contributed by atoms with Crippen molar-refractivity contribution in [3.8, 4) is 6.19 Å². The summed E-state index contributed by atoms with van der Waals surface area (Å²) in [6.45, 7) is 0.650. The Bertz CT molecular complexity index is 492. The average Bonchev–Trinajstić information content (AvgIpc) is 2.39. The first-order valence-corrected chi connectivity index (χ1v) is 6.39. The van der Waals surface area contributed by atoms with Crippen molar-refractivity contribution in [1.82, 2.24) is 20.6 Å². The molecular formula is C10H14N6OS. The molecule has 0 fully saturated rings. The Kier molecular flexibility index (Phi) is 6.35. The highest BCUT2D eigenvalue weighted by Gasteiger charge is 2.00. The highest BCUT2D eigenvalue weighted by atomic mass is 32.2. The summed E-state index contributed by atoms with van der Waals surface area (Å²) in [5.74, 6) is 1.78. The van der Waals surface area contributed by atoms with E-state index in [0.717, 1.165) is 5.75 Å². The highest BCUT2D eigenvalue weighted by molar-refractivity contribution is 7.98. The first-order valence-electron chi connectivity index (χ1n) is 5.24. The van der Waals surface area contributed by atoms with E-state index in [1.807, 2.05) is 0 Å². The van der Waals surface area contributed by atoms with E-state index in [4.69, 9.17) is 5.26 Å². The quantitative estimate of drug-likeness (QED) is 0.221. The fourth-order valence-corrected chi connectivity index (χ4v) is 1.92. The molecular weight excluding hydrogens is 252 g/mol. The normalized spacial score (nSPS) is 10.8. The van der Waals surface area contributed by atoms with Crippen molar-refractivity contribution in [1.29, 1.82) is 5.26 Å². The molecule has 3 N–H and O–H groups in total. The molecule has 1 aromatic heterocycles. The predicted molar refractivity (Wildman–Crippen MR) is 71.1 cm³/mol. The Labute approximate surface area is 109 Å². The number of hydrogen-bond acceptors (Lipinski definition) is 5. The second kappa shape index (κ2) is 8.14. The third-order valence-electron chi connectivity index (χ3n) is 1.96. The van der Waals surface area contributed by atoms with Crippen molar-refractivity contribution in [2.75, 3.05) is 19.3 Å². The van der Waals surface area contributed by atoms with E-state index >= 15 is 0 Å². The van der Waals surface area contributed by atoms with Crippen LogP contribution >= 0.6 is 11.8 Å². The van der Waals surface area contributed by atoms with Crippen LogP contribution in [-0.2, 0) is 5.75 Å². The van der Waals surface area contributed by atoms with Gasteiger partial charge in [-0.15, -0.1) is 0 Å². The number of hydrogen-bond donors (Lipinski definition) is 3. The lowest BCUT2D eigenvalue weighted by molar-refractivity contribution is 0.930. The Hall–Kier alpha value is -2.01. The standard InChI is InChI=1S/C10H14N6OS/c1-12-10(16-7-11)15-4-5-18-6-8-9(17)14-3-2-13-8/h2-3H,4-6H2,1H3,(H,14,17)(H2,12,15,16). The predicted octanol–water partition coefficient (Wildman–Crippen LogP) is -0.351. The van der Waals surface area contributed by atoms with Gasteiger partial charge < -0.3 is 10.3 Å². The van der Waals surface area contributed by atoms with Crippen molar-refractivity contribution in [3.63, 3.8) is 0 Å². The summed E-state index contributed by atoms with van der Waals surface area (Å²) in [4.78, 5) is 21.7. The number of nitrogens with zero attached hydrogens (tertiary/aromatic N) is 3. The zero-order valence-electron chi connectivity index (χ0n) is 9.93. The van der Waals surface area contributed by atoms with Gasteiger partial charge in [-0.05, 0) is 0 Å². The van der Waals surface area contributed by atoms with Crippen LogP contribution in [-0.4, -0.2) is 35.3 Å². The monoisotopic (exact) mass is 266 g/mol. The van der Waals surface area contributed by atoms with E-state index in [-0.39, 0.29) is 5.56 Å². The van der Waals surface area contributed by atoms with Crippen LogP contribution in [0.1, 0.15) is 5.69 Å². The van der Waals surface area contributed by atoms with E-state index in [1.54, 1.807) is 31.2 Å². The molecule has 1 heterocycles. The summed E-state index contributed by atoms with van der Waals surface area (Å²) in [5, 5.41) is 13.8. The van der Waals surface area contributed by atoms with Crippen LogP contribution in [0.15, 0.2) is 22.2 Å². The lowest BCUT2D eigenvalue weighted by atomic mass is 10.5. The minimum atomic E-state index is -0.153. The fourth-order valence-electron chi connectivity index (χ4n) is 1.13. The van der Waals surface area contributed by atoms with Crippen LogP contribution in [0.3, 0.4) is 0 Å². The fraction of sp³-hybridized carbons (Fsp3) is 0.400. The third-order valence-corrected chi connectivity index (χ3v) is 2.93. The Balaban J connectivity index is 2.22. The van der Waals surface area contributed by atoms with E-state index < -0.39 is 0 Å². The molecule has 1 aromatic rings. The summed E-state index contributed by atoms with van der Waals surface area (Å²) in [6, 6.07) is 0. The van der Waals surface area contributed by atoms with E-state index in [2.05, 4.69) is 25.6 Å². The van der Waals surface area contributed by atoms with Crippen molar-refractivity contribution in [2.45, 2.75) is 5.75 Å². The highest BCUT2D eigenvalue weighted by Crippen LogP contribution is 2.04. The number of aliphatic imine (C=N–C) groups is 1. The largest absolute Gasteiger partial charge is 0.355 e. The molecule has 0 aromatic carbocycles. The van der Waals surface area contributed by atoms with E-state index in [0.29, 0.717) is 24.0 Å². The molecule has 8 heteroatoms. The van der Waals surface area contributed by atoms with Crippen molar-refractivity contribution in [2.24, 2.45) is 4.99 Å². The van der Waals surface area contributed by atoms with Gasteiger partial charge in [-0.25, -0.2) is 0 Å². The number of rotatable bonds is 5. The molecule has 0 spiro atoms. The van der Waals surface area contributed by atoms with Gasteiger partial charge in [-0.2, -0.15) is 17.0 Å². The summed E-state index contributed by atoms with van der Waals surface area (Å²) in [6.07, 6.45) is 4.86. The van der Waals surface area contributed by atoms with Crippen LogP contribution in [0.5, 0.6) is 0 Å². The summed E-state index contributed by atoms with van der Waals surface area (Å²) >= 11 is 1.58. The smallest absolute Gasteiger partial charge is 0.270 e. The number of H-pyrrole nitrogens is 1. The molecule has 7 nitrogen and oxygen atoms in total. The maximum absolute atomic E-state index is 11.3. The first-order chi connectivity index (χ1) is 8.77. The SMILES string of the molecule is CN=C(NC#N)NCCSCc1ncc[nH]c1=O. The van der Waals surface area contributed by atoms with Gasteiger partial charge >= 0.3 is 0 Å². The molecule has 0 aliphatic rings. The third kappa shape index (κ3) is 4.88. The van der Waals surface area contributed by atoms with Gasteiger partial charge in [0.15, 0.2) is 6.19 Å². The molecule has 1 rings (SSSR count). The minimum Gasteiger partial charge on any atom is -0.355 e. The van der Waals surface area contributed by atoms with E-state index in [1.165, 1.54) is 6.20 Å². The van der Waals surface area contributed by atoms with Crippen LogP contribution in [0.25, 0.3) is 0 Å². The average molecular weight is 266 g/mol. The van der Waals surface area contributed by atoms with Crippen molar-refractivity contribution in [3.05, 3.63) is 28.4 Å². The molecule has 0 aliphatic carbocycles. The maximum Gasteiger partial charge on any atom is 0.270 e. The lowest BCUT2D eigenvalue weighted by Gasteiger charge is -2.06. The molecule has 0 saturated carbocycles. The molecule has 0 amide bonds. The Morgan fingerprint density at radius 1 is 1.72 bits per heavy atom. The van der Waals surface area contributed by atoms with E-state index in [9.17, 15) is 4.79 Å². The van der Waals surface area contributed by atoms with Crippen LogP contribution in [0.2, 0.25) is 0 Å². The molecule has 18 heavy (non-hydrogen) atoms. The van der Waals surface area contributed by atoms with Gasteiger partial charge in [-0.3, -0.25) is 20.1 Å². The van der Waals surface area contributed by atoms with Gasteiger partial charge in [0.25, 0.3) is 5.56 Å². The molecule has 0 aliphatic heterocycles. The van der Waals surface area contributed by atoms with Gasteiger partial charge in [0.1, 0.15) is 5.69 Å². The molecule has 0 saturated heterocycles. The first kappa shape index (κ1) is 14.1. The van der Waals surface area contributed by atoms with Gasteiger partial charge in [-0.1, -0.05) is 0 Å². The second-order valence-corrected chi connectivity index (χ2v) is 4.26. The number of aromatic amines is 1. The van der Waals surface area contributed by atoms with Crippen molar-refractivity contribution >= 4 is 17.7 Å². The minimum absolute atomic E-state index is 0.153. The Morgan fingerprint density at radius 2 is 2.56 bits per heavy atom. The lowest BCUT2D eigenvalue weighted by Crippen LogP contribution is -2.35. The topological polar surface area (TPSA) is 106 Å². The zero-order valence-corrected chi connectivity index (χ0v) is 10.8. The molecule has 0 unspecified atom stereocenters. The molecule has 0 bridgehead atoms. The number of thioether (sulfide) groups is 1. The summed E-state index contributed by atoms with van der Waals surface area (Å²) in [7, 11) is 1.59. The molecule has 0 atom stereocenters. The van der Waals surface area contributed by atoms with Crippen LogP contribution < -0.4 is 16.2 Å². The van der Waals surface area contributed by atoms with Gasteiger partial charge in [0.05, 0.1) is 0 Å². The second-order valence-electron chi connectivity index (χ2n) is 3.15. The Morgan fingerprint density at radius 3 is 3.22 bits per heavy atom. The molecule has 0 radical (unpaired) electrons. The number of nitrogens with one attached hydrogen (secondary N) is 3. The summed E-state index contributed by atoms with van der Waals surface area (Å²) in [5.41, 5.74) is 0.363. The van der Waals surface area contributed by atoms with Gasteiger partial charge in [0, 0.05) is 37.5 Å². The van der Waals surface area contributed by atoms with Crippen LogP contribution in [0.4, 0.5) is 0 Å². The zero-order chi connectivity index (χ0) is 13.2. The number of aromatic nitrogens is 2. The number of guanidine groups is 1. The van der Waals surface area contributed by atoms with Crippen LogP contribution in [0, 0.1) is 11.5 Å². The summed E-state index contributed by atoms with van der Waals surface area (Å²) < 4.78 is 0. The van der Waals surface area contributed by atoms with Gasteiger partial charge in [0.2, 0.25) is 5.96 Å². The molecule has 96 valence electrons. The number of nitriles is 1.